The van der Waals surface area contributed by atoms with Gasteiger partial charge in [-0.05, 0) is 51.5 Å². The second kappa shape index (κ2) is 11.1. The highest BCUT2D eigenvalue weighted by atomic mass is 16.2. The maximum atomic E-state index is 13.1. The second-order valence-corrected chi connectivity index (χ2v) is 9.01. The number of benzene rings is 2. The number of nitrogens with two attached hydrogens (primary N) is 1. The van der Waals surface area contributed by atoms with E-state index in [-0.39, 0.29) is 43.3 Å². The van der Waals surface area contributed by atoms with Crippen LogP contribution in [0.5, 0.6) is 0 Å². The Hall–Kier alpha value is -4.47. The minimum absolute atomic E-state index is 0.125. The number of carbonyl (C=O) groups is 2. The number of hydrogen-bond donors (Lipinski definition) is 3. The highest BCUT2D eigenvalue weighted by molar-refractivity contribution is 5.94. The van der Waals surface area contributed by atoms with Crippen molar-refractivity contribution in [3.63, 3.8) is 0 Å². The Balaban J connectivity index is 1.32. The number of fused-ring (bicyclic) bond motifs is 1. The Morgan fingerprint density at radius 1 is 0.946 bits per heavy atom. The van der Waals surface area contributed by atoms with Crippen LogP contribution < -0.4 is 21.9 Å². The van der Waals surface area contributed by atoms with Crippen molar-refractivity contribution in [1.82, 2.24) is 24.9 Å². The topological polar surface area (TPSA) is 137 Å². The SMILES string of the molecule is Cc1ccc(-n2nc3c(=O)n(CCCC(=O)NCCC(=O)Nc4ccccc4N)nc(C)c3c2C)cc1. The third-order valence-electron chi connectivity index (χ3n) is 6.15. The van der Waals surface area contributed by atoms with Crippen LogP contribution in [0.4, 0.5) is 11.4 Å². The maximum absolute atomic E-state index is 13.1. The van der Waals surface area contributed by atoms with Gasteiger partial charge in [0.15, 0.2) is 5.52 Å². The fraction of sp³-hybridized carbons (Fsp3) is 0.296. The molecule has 4 aromatic rings. The monoisotopic (exact) mass is 501 g/mol. The quantitative estimate of drug-likeness (QED) is 0.302. The molecular weight excluding hydrogens is 470 g/mol. The van der Waals surface area contributed by atoms with Crippen LogP contribution in [0.2, 0.25) is 0 Å². The van der Waals surface area contributed by atoms with E-state index in [1.807, 2.05) is 45.0 Å². The molecule has 0 spiro atoms. The summed E-state index contributed by atoms with van der Waals surface area (Å²) < 4.78 is 3.13. The first kappa shape index (κ1) is 25.6. The van der Waals surface area contributed by atoms with E-state index < -0.39 is 0 Å². The van der Waals surface area contributed by atoms with Gasteiger partial charge in [-0.15, -0.1) is 0 Å². The Bertz CT molecular complexity index is 1500. The van der Waals surface area contributed by atoms with E-state index in [0.29, 0.717) is 29.0 Å². The summed E-state index contributed by atoms with van der Waals surface area (Å²) in [4.78, 5) is 37.4. The molecule has 4 rings (SSSR count). The van der Waals surface area contributed by atoms with Crippen LogP contribution >= 0.6 is 0 Å². The van der Waals surface area contributed by atoms with Crippen molar-refractivity contribution in [2.24, 2.45) is 0 Å². The normalized spacial score (nSPS) is 11.0. The predicted molar refractivity (Wildman–Crippen MR) is 144 cm³/mol. The summed E-state index contributed by atoms with van der Waals surface area (Å²) in [5.41, 5.74) is 10.5. The average molecular weight is 502 g/mol. The molecule has 10 nitrogen and oxygen atoms in total. The van der Waals surface area contributed by atoms with E-state index in [9.17, 15) is 14.4 Å². The minimum atomic E-state index is -0.285. The Morgan fingerprint density at radius 2 is 1.68 bits per heavy atom. The van der Waals surface area contributed by atoms with Gasteiger partial charge in [0, 0.05) is 25.9 Å². The van der Waals surface area contributed by atoms with E-state index in [0.717, 1.165) is 22.3 Å². The molecule has 0 aliphatic heterocycles. The van der Waals surface area contributed by atoms with Crippen molar-refractivity contribution in [1.29, 1.82) is 0 Å². The smallest absolute Gasteiger partial charge is 0.295 e. The first-order valence-corrected chi connectivity index (χ1v) is 12.2. The number of amides is 2. The van der Waals surface area contributed by atoms with Crippen molar-refractivity contribution in [3.05, 3.63) is 75.8 Å². The van der Waals surface area contributed by atoms with Gasteiger partial charge >= 0.3 is 0 Å². The Morgan fingerprint density at radius 3 is 2.41 bits per heavy atom. The molecule has 10 heteroatoms. The molecule has 0 saturated carbocycles. The molecule has 0 bridgehead atoms. The summed E-state index contributed by atoms with van der Waals surface area (Å²) in [6.07, 6.45) is 0.753. The molecule has 0 aliphatic carbocycles. The van der Waals surface area contributed by atoms with Gasteiger partial charge in [0.25, 0.3) is 5.56 Å². The number of rotatable bonds is 9. The van der Waals surface area contributed by atoms with Gasteiger partial charge in [-0.3, -0.25) is 14.4 Å². The summed E-state index contributed by atoms with van der Waals surface area (Å²) in [7, 11) is 0. The van der Waals surface area contributed by atoms with Gasteiger partial charge in [0.2, 0.25) is 11.8 Å². The minimum Gasteiger partial charge on any atom is -0.397 e. The summed E-state index contributed by atoms with van der Waals surface area (Å²) in [5.74, 6) is -0.435. The maximum Gasteiger partial charge on any atom is 0.295 e. The fourth-order valence-electron chi connectivity index (χ4n) is 4.19. The first-order chi connectivity index (χ1) is 17.7. The van der Waals surface area contributed by atoms with Gasteiger partial charge in [0.05, 0.1) is 33.8 Å². The lowest BCUT2D eigenvalue weighted by Gasteiger charge is -2.09. The fourth-order valence-corrected chi connectivity index (χ4v) is 4.19. The third kappa shape index (κ3) is 5.85. The molecule has 2 amide bonds. The van der Waals surface area contributed by atoms with E-state index in [1.165, 1.54) is 4.68 Å². The molecule has 0 unspecified atom stereocenters. The molecule has 2 aromatic heterocycles. The largest absolute Gasteiger partial charge is 0.397 e. The summed E-state index contributed by atoms with van der Waals surface area (Å²) >= 11 is 0. The molecule has 0 aliphatic rings. The summed E-state index contributed by atoms with van der Waals surface area (Å²) in [5, 5.41) is 15.3. The lowest BCUT2D eigenvalue weighted by molar-refractivity contribution is -0.121. The first-order valence-electron chi connectivity index (χ1n) is 12.2. The van der Waals surface area contributed by atoms with Gasteiger partial charge in [-0.1, -0.05) is 29.8 Å². The molecule has 2 aromatic carbocycles. The van der Waals surface area contributed by atoms with Gasteiger partial charge in [0.1, 0.15) is 0 Å². The zero-order valence-electron chi connectivity index (χ0n) is 21.2. The molecule has 192 valence electrons. The molecule has 0 fully saturated rings. The number of para-hydroxylation sites is 2. The predicted octanol–water partition coefficient (Wildman–Crippen LogP) is 3.01. The van der Waals surface area contributed by atoms with E-state index in [1.54, 1.807) is 28.9 Å². The van der Waals surface area contributed by atoms with Crippen LogP contribution in [0.3, 0.4) is 0 Å². The van der Waals surface area contributed by atoms with E-state index in [4.69, 9.17) is 5.73 Å². The molecule has 4 N–H and O–H groups in total. The van der Waals surface area contributed by atoms with E-state index in [2.05, 4.69) is 20.8 Å². The number of aryl methyl sites for hydroxylation is 4. The number of nitrogen functional groups attached to an aromatic ring is 1. The standard InChI is InChI=1S/C27H31N7O3/c1-17-10-12-20(13-11-17)34-19(3)25-18(2)31-33(27(37)26(25)32-34)16-6-9-23(35)29-15-14-24(36)30-22-8-5-4-7-21(22)28/h4-5,7-8,10-13H,6,9,14-16,28H2,1-3H3,(H,29,35)(H,30,36). The van der Waals surface area contributed by atoms with Crippen LogP contribution in [0.15, 0.2) is 53.3 Å². The highest BCUT2D eigenvalue weighted by Gasteiger charge is 2.17. The Kier molecular flexibility index (Phi) is 7.66. The summed E-state index contributed by atoms with van der Waals surface area (Å²) in [6, 6.07) is 14.9. The molecule has 0 radical (unpaired) electrons. The summed E-state index contributed by atoms with van der Waals surface area (Å²) in [6.45, 7) is 6.28. The van der Waals surface area contributed by atoms with Crippen LogP contribution in [-0.4, -0.2) is 37.9 Å². The van der Waals surface area contributed by atoms with Crippen LogP contribution in [0, 0.1) is 20.8 Å². The zero-order chi connectivity index (χ0) is 26.5. The van der Waals surface area contributed by atoms with Crippen molar-refractivity contribution in [2.75, 3.05) is 17.6 Å². The van der Waals surface area contributed by atoms with Gasteiger partial charge < -0.3 is 16.4 Å². The van der Waals surface area contributed by atoms with Crippen molar-refractivity contribution < 1.29 is 9.59 Å². The van der Waals surface area contributed by atoms with Crippen LogP contribution in [-0.2, 0) is 16.1 Å². The lowest BCUT2D eigenvalue weighted by atomic mass is 10.2. The zero-order valence-corrected chi connectivity index (χ0v) is 21.2. The molecule has 0 atom stereocenters. The number of nitrogens with one attached hydrogen (secondary N) is 2. The number of nitrogens with zero attached hydrogens (tertiary/aromatic N) is 4. The number of carbonyl (C=O) groups excluding carboxylic acids is 2. The number of anilines is 2. The average Bonchev–Trinajstić information content (AvgIpc) is 3.22. The second-order valence-electron chi connectivity index (χ2n) is 9.01. The van der Waals surface area contributed by atoms with Crippen LogP contribution in [0.1, 0.15) is 36.2 Å². The van der Waals surface area contributed by atoms with Crippen molar-refractivity contribution in [2.45, 2.75) is 46.6 Å². The Labute approximate surface area is 214 Å². The lowest BCUT2D eigenvalue weighted by Crippen LogP contribution is -2.29. The van der Waals surface area contributed by atoms with Crippen molar-refractivity contribution >= 4 is 34.1 Å². The number of hydrogen-bond acceptors (Lipinski definition) is 6. The van der Waals surface area contributed by atoms with Crippen LogP contribution in [0.25, 0.3) is 16.6 Å². The molecule has 2 heterocycles. The van der Waals surface area contributed by atoms with E-state index >= 15 is 0 Å². The van der Waals surface area contributed by atoms with Gasteiger partial charge in [-0.2, -0.15) is 10.2 Å². The molecular formula is C27H31N7O3. The molecule has 0 saturated heterocycles. The van der Waals surface area contributed by atoms with Gasteiger partial charge in [-0.25, -0.2) is 9.36 Å². The van der Waals surface area contributed by atoms with Crippen molar-refractivity contribution in [3.8, 4) is 5.69 Å². The molecule has 37 heavy (non-hydrogen) atoms. The highest BCUT2D eigenvalue weighted by Crippen LogP contribution is 2.21. The number of aromatic nitrogens is 4. The third-order valence-corrected chi connectivity index (χ3v) is 6.15.